The molecule has 2 aromatic carbocycles. The quantitative estimate of drug-likeness (QED) is 0.486. The fourth-order valence-electron chi connectivity index (χ4n) is 4.90. The lowest BCUT2D eigenvalue weighted by atomic mass is 10.1. The number of benzene rings is 2. The molecule has 1 amide bonds. The molecule has 0 spiro atoms. The summed E-state index contributed by atoms with van der Waals surface area (Å²) in [4.78, 5) is 23.7. The average Bonchev–Trinajstić information content (AvgIpc) is 3.53. The van der Waals surface area contributed by atoms with Gasteiger partial charge in [0, 0.05) is 60.3 Å². The highest BCUT2D eigenvalue weighted by Gasteiger charge is 2.38. The van der Waals surface area contributed by atoms with Crippen LogP contribution in [0.1, 0.15) is 29.2 Å². The summed E-state index contributed by atoms with van der Waals surface area (Å²) in [5.41, 5.74) is 1.78. The van der Waals surface area contributed by atoms with Crippen LogP contribution in [0.3, 0.4) is 0 Å². The van der Waals surface area contributed by atoms with Crippen LogP contribution in [0.2, 0.25) is 0 Å². The molecule has 0 unspecified atom stereocenters. The van der Waals surface area contributed by atoms with E-state index in [0.29, 0.717) is 17.4 Å². The van der Waals surface area contributed by atoms with E-state index in [9.17, 15) is 17.6 Å². The van der Waals surface area contributed by atoms with Gasteiger partial charge in [0.15, 0.2) is 5.13 Å². The van der Waals surface area contributed by atoms with Gasteiger partial charge in [-0.25, -0.2) is 17.8 Å². The van der Waals surface area contributed by atoms with E-state index in [0.717, 1.165) is 38.2 Å². The Morgan fingerprint density at radius 1 is 1.06 bits per heavy atom. The van der Waals surface area contributed by atoms with Crippen LogP contribution in [0.5, 0.6) is 0 Å². The number of thiazole rings is 1. The molecule has 0 aliphatic carbocycles. The maximum absolute atomic E-state index is 13.3. The van der Waals surface area contributed by atoms with Crippen molar-refractivity contribution in [2.75, 3.05) is 42.3 Å². The summed E-state index contributed by atoms with van der Waals surface area (Å²) in [5, 5.41) is 2.01. The van der Waals surface area contributed by atoms with Crippen molar-refractivity contribution in [3.8, 4) is 0 Å². The Bertz CT molecular complexity index is 1310. The van der Waals surface area contributed by atoms with Crippen molar-refractivity contribution >= 4 is 38.1 Å². The maximum atomic E-state index is 13.3. The van der Waals surface area contributed by atoms with E-state index >= 15 is 0 Å². The summed E-state index contributed by atoms with van der Waals surface area (Å²) in [7, 11) is -3.74. The minimum absolute atomic E-state index is 0. The number of hydrogen-bond donors (Lipinski definition) is 1. The zero-order valence-electron chi connectivity index (χ0n) is 19.9. The molecule has 196 valence electrons. The van der Waals surface area contributed by atoms with Gasteiger partial charge in [-0.3, -0.25) is 19.3 Å². The highest BCUT2D eigenvalue weighted by molar-refractivity contribution is 7.93. The van der Waals surface area contributed by atoms with E-state index in [2.05, 4.69) is 26.4 Å². The van der Waals surface area contributed by atoms with Gasteiger partial charge in [0.05, 0.1) is 10.9 Å². The topological polar surface area (TPSA) is 85.8 Å². The second kappa shape index (κ2) is 10.3. The molecule has 0 saturated carbocycles. The number of aromatic nitrogens is 1. The third-order valence-electron chi connectivity index (χ3n) is 6.98. The molecule has 3 aromatic rings. The molecule has 2 saturated heterocycles. The molecule has 36 heavy (non-hydrogen) atoms. The van der Waals surface area contributed by atoms with Gasteiger partial charge in [-0.2, -0.15) is 0 Å². The number of carbonyl (C=O) groups is 1. The van der Waals surface area contributed by atoms with Crippen molar-refractivity contribution < 1.29 is 21.9 Å². The molecule has 1 aromatic heterocycles. The Morgan fingerprint density at radius 2 is 1.75 bits per heavy atom. The zero-order chi connectivity index (χ0) is 25.3. The monoisotopic (exact) mass is 535 g/mol. The number of hydrogen-bond acceptors (Lipinski definition) is 7. The number of rotatable bonds is 7. The standard InChI is InChI=1S/C25H28FN5O3S2.3H2/c1-18(19-2-4-20(26)5-3-19)29-13-15-30(16-14-29)23-10-12-31(24(23)32)21-6-8-22(9-7-21)36(33,34)28-25-27-11-17-35-25;;;/h2-9,11,17-18,23H,10,12-16H2,1H3,(H,27,28);3*1H/t18-,23-;;;/m0.../s1. The van der Waals surface area contributed by atoms with Gasteiger partial charge in [0.2, 0.25) is 5.91 Å². The lowest BCUT2D eigenvalue weighted by Crippen LogP contribution is -2.52. The third-order valence-corrected chi connectivity index (χ3v) is 9.15. The fraction of sp³-hybridized carbons (Fsp3) is 0.360. The molecule has 0 radical (unpaired) electrons. The van der Waals surface area contributed by atoms with Crippen molar-refractivity contribution in [1.29, 1.82) is 0 Å². The Balaban J connectivity index is 0.00000178. The first-order chi connectivity index (χ1) is 17.3. The molecule has 2 fully saturated rings. The van der Waals surface area contributed by atoms with Gasteiger partial charge < -0.3 is 4.90 Å². The largest absolute Gasteiger partial charge is 0.311 e. The minimum Gasteiger partial charge on any atom is -0.311 e. The molecular weight excluding hydrogens is 501 g/mol. The van der Waals surface area contributed by atoms with Gasteiger partial charge >= 0.3 is 0 Å². The molecule has 2 aliphatic rings. The molecule has 8 nitrogen and oxygen atoms in total. The van der Waals surface area contributed by atoms with Gasteiger partial charge in [0.1, 0.15) is 5.82 Å². The molecule has 11 heteroatoms. The highest BCUT2D eigenvalue weighted by atomic mass is 32.2. The third kappa shape index (κ3) is 5.15. The van der Waals surface area contributed by atoms with E-state index in [4.69, 9.17) is 0 Å². The SMILES string of the molecule is C[C@@H](c1ccc(F)cc1)N1CCN([C@H]2CCN(c3ccc(S(=O)(=O)Nc4nccs4)cc3)C2=O)CC1.[HH].[HH].[HH]. The van der Waals surface area contributed by atoms with Crippen molar-refractivity contribution in [3.05, 3.63) is 71.5 Å². The Labute approximate surface area is 218 Å². The number of carbonyl (C=O) groups excluding carboxylic acids is 1. The van der Waals surface area contributed by atoms with Gasteiger partial charge in [-0.05, 0) is 55.3 Å². The van der Waals surface area contributed by atoms with Crippen LogP contribution in [0, 0.1) is 5.82 Å². The summed E-state index contributed by atoms with van der Waals surface area (Å²) in [6.07, 6.45) is 2.27. The van der Waals surface area contributed by atoms with Gasteiger partial charge in [0.25, 0.3) is 10.0 Å². The first-order valence-electron chi connectivity index (χ1n) is 11.9. The second-order valence-electron chi connectivity index (χ2n) is 9.03. The van der Waals surface area contributed by atoms with Crippen LogP contribution in [0.4, 0.5) is 15.2 Å². The second-order valence-corrected chi connectivity index (χ2v) is 11.6. The average molecular weight is 536 g/mol. The molecule has 3 heterocycles. The normalized spacial score (nSPS) is 20.6. The molecule has 1 N–H and O–H groups in total. The van der Waals surface area contributed by atoms with Crippen LogP contribution < -0.4 is 9.62 Å². The molecule has 5 rings (SSSR count). The fourth-order valence-corrected chi connectivity index (χ4v) is 6.69. The van der Waals surface area contributed by atoms with Crippen LogP contribution in [0.25, 0.3) is 0 Å². The Hall–Kier alpha value is -2.86. The van der Waals surface area contributed by atoms with Crippen molar-refractivity contribution in [2.45, 2.75) is 30.3 Å². The zero-order valence-corrected chi connectivity index (χ0v) is 21.5. The summed E-state index contributed by atoms with van der Waals surface area (Å²) >= 11 is 1.21. The van der Waals surface area contributed by atoms with Gasteiger partial charge in [-0.15, -0.1) is 11.3 Å². The first-order valence-corrected chi connectivity index (χ1v) is 14.3. The number of nitrogens with zero attached hydrogens (tertiary/aromatic N) is 4. The lowest BCUT2D eigenvalue weighted by Gasteiger charge is -2.40. The number of sulfonamides is 1. The minimum atomic E-state index is -3.74. The van der Waals surface area contributed by atoms with E-state index in [1.807, 2.05) is 12.1 Å². The van der Waals surface area contributed by atoms with E-state index < -0.39 is 10.0 Å². The van der Waals surface area contributed by atoms with Crippen LogP contribution in [-0.4, -0.2) is 67.9 Å². The number of amides is 1. The maximum Gasteiger partial charge on any atom is 0.263 e. The Morgan fingerprint density at radius 3 is 2.39 bits per heavy atom. The number of anilines is 2. The number of halogens is 1. The lowest BCUT2D eigenvalue weighted by molar-refractivity contribution is -0.122. The highest BCUT2D eigenvalue weighted by Crippen LogP contribution is 2.28. The first kappa shape index (κ1) is 24.8. The Kier molecular flexibility index (Phi) is 7.07. The molecule has 2 aliphatic heterocycles. The van der Waals surface area contributed by atoms with Crippen LogP contribution in [-0.2, 0) is 14.8 Å². The van der Waals surface area contributed by atoms with Crippen LogP contribution >= 0.6 is 11.3 Å². The molecular formula is C25H34FN5O3S2. The van der Waals surface area contributed by atoms with Crippen molar-refractivity contribution in [3.63, 3.8) is 0 Å². The van der Waals surface area contributed by atoms with Gasteiger partial charge in [-0.1, -0.05) is 12.1 Å². The van der Waals surface area contributed by atoms with Crippen LogP contribution in [0.15, 0.2) is 65.0 Å². The van der Waals surface area contributed by atoms with Crippen molar-refractivity contribution in [2.24, 2.45) is 0 Å². The number of piperazine rings is 1. The predicted molar refractivity (Wildman–Crippen MR) is 144 cm³/mol. The van der Waals surface area contributed by atoms with E-state index in [1.165, 1.54) is 41.8 Å². The molecule has 0 bridgehead atoms. The number of nitrogens with one attached hydrogen (secondary N) is 1. The smallest absolute Gasteiger partial charge is 0.263 e. The van der Waals surface area contributed by atoms with Crippen molar-refractivity contribution in [1.82, 2.24) is 14.8 Å². The summed E-state index contributed by atoms with van der Waals surface area (Å²) < 4.78 is 40.9. The summed E-state index contributed by atoms with van der Waals surface area (Å²) in [5.74, 6) is -0.185. The summed E-state index contributed by atoms with van der Waals surface area (Å²) in [6, 6.07) is 13.0. The predicted octanol–water partition coefficient (Wildman–Crippen LogP) is 4.31. The summed E-state index contributed by atoms with van der Waals surface area (Å²) in [6.45, 7) is 5.97. The van der Waals surface area contributed by atoms with E-state index in [1.54, 1.807) is 22.4 Å². The van der Waals surface area contributed by atoms with E-state index in [-0.39, 0.29) is 33.0 Å². The molecule has 2 atom stereocenters.